The number of thioether (sulfide) groups is 1. The Morgan fingerprint density at radius 3 is 2.89 bits per heavy atom. The van der Waals surface area contributed by atoms with E-state index in [1.54, 1.807) is 11.8 Å². The number of pyridine rings is 1. The molecule has 0 bridgehead atoms. The fourth-order valence-corrected chi connectivity index (χ4v) is 2.06. The number of aromatic carboxylic acids is 1. The highest BCUT2D eigenvalue weighted by Gasteiger charge is 2.12. The van der Waals surface area contributed by atoms with E-state index in [9.17, 15) is 4.79 Å². The fourth-order valence-electron chi connectivity index (χ4n) is 1.60. The molecule has 0 unspecified atom stereocenters. The smallest absolute Gasteiger partial charge is 0.337 e. The van der Waals surface area contributed by atoms with Gasteiger partial charge in [-0.15, -0.1) is 11.8 Å². The molecule has 0 amide bonds. The summed E-state index contributed by atoms with van der Waals surface area (Å²) >= 11 is 1.62. The van der Waals surface area contributed by atoms with Gasteiger partial charge in [0.2, 0.25) is 0 Å². The SMILES string of the molecule is CSc1cccc(Nc2nccc(C(=O)O)c2N)c1. The molecule has 0 fully saturated rings. The monoisotopic (exact) mass is 275 g/mol. The number of hydrogen-bond donors (Lipinski definition) is 3. The molecule has 0 atom stereocenters. The highest BCUT2D eigenvalue weighted by molar-refractivity contribution is 7.98. The number of carbonyl (C=O) groups is 1. The van der Waals surface area contributed by atoms with E-state index in [4.69, 9.17) is 10.8 Å². The van der Waals surface area contributed by atoms with Gasteiger partial charge in [0, 0.05) is 16.8 Å². The van der Waals surface area contributed by atoms with Crippen LogP contribution < -0.4 is 11.1 Å². The predicted molar refractivity (Wildman–Crippen MR) is 77.1 cm³/mol. The molecule has 4 N–H and O–H groups in total. The molecule has 1 aromatic heterocycles. The van der Waals surface area contributed by atoms with Gasteiger partial charge in [0.15, 0.2) is 5.82 Å². The highest BCUT2D eigenvalue weighted by Crippen LogP contribution is 2.26. The van der Waals surface area contributed by atoms with E-state index in [0.29, 0.717) is 5.82 Å². The van der Waals surface area contributed by atoms with Crippen LogP contribution in [0.4, 0.5) is 17.2 Å². The maximum absolute atomic E-state index is 11.0. The Hall–Kier alpha value is -2.21. The predicted octanol–water partition coefficient (Wildman–Crippen LogP) is 2.83. The molecular weight excluding hydrogens is 262 g/mol. The lowest BCUT2D eigenvalue weighted by atomic mass is 10.2. The van der Waals surface area contributed by atoms with Crippen molar-refractivity contribution in [1.82, 2.24) is 4.98 Å². The first kappa shape index (κ1) is 13.2. The van der Waals surface area contributed by atoms with Crippen LogP contribution in [0.25, 0.3) is 0 Å². The zero-order valence-corrected chi connectivity index (χ0v) is 11.1. The van der Waals surface area contributed by atoms with E-state index in [1.165, 1.54) is 12.3 Å². The van der Waals surface area contributed by atoms with Crippen LogP contribution in [0.2, 0.25) is 0 Å². The number of rotatable bonds is 4. The van der Waals surface area contributed by atoms with Gasteiger partial charge in [-0.1, -0.05) is 6.07 Å². The van der Waals surface area contributed by atoms with E-state index in [-0.39, 0.29) is 11.3 Å². The zero-order chi connectivity index (χ0) is 13.8. The molecule has 2 aromatic rings. The van der Waals surface area contributed by atoms with Gasteiger partial charge in [-0.2, -0.15) is 0 Å². The lowest BCUT2D eigenvalue weighted by Gasteiger charge is -2.10. The van der Waals surface area contributed by atoms with Gasteiger partial charge >= 0.3 is 5.97 Å². The molecule has 98 valence electrons. The Morgan fingerprint density at radius 1 is 1.42 bits per heavy atom. The van der Waals surface area contributed by atoms with Crippen LogP contribution in [0.15, 0.2) is 41.4 Å². The van der Waals surface area contributed by atoms with Crippen molar-refractivity contribution in [2.75, 3.05) is 17.3 Å². The first-order valence-electron chi connectivity index (χ1n) is 5.50. The number of nitrogens with two attached hydrogens (primary N) is 1. The number of anilines is 3. The molecule has 6 heteroatoms. The Balaban J connectivity index is 2.33. The average Bonchev–Trinajstić information content (AvgIpc) is 2.41. The van der Waals surface area contributed by atoms with Gasteiger partial charge in [0.25, 0.3) is 0 Å². The lowest BCUT2D eigenvalue weighted by molar-refractivity contribution is 0.0698. The molecular formula is C13H13N3O2S. The largest absolute Gasteiger partial charge is 0.478 e. The second-order valence-electron chi connectivity index (χ2n) is 3.78. The number of carboxylic acids is 1. The van der Waals surface area contributed by atoms with Gasteiger partial charge in [-0.05, 0) is 30.5 Å². The van der Waals surface area contributed by atoms with Crippen LogP contribution in [-0.2, 0) is 0 Å². The number of nitrogens with one attached hydrogen (secondary N) is 1. The third kappa shape index (κ3) is 2.97. The maximum Gasteiger partial charge on any atom is 0.337 e. The second kappa shape index (κ2) is 5.62. The van der Waals surface area contributed by atoms with Gasteiger partial charge < -0.3 is 16.2 Å². The minimum atomic E-state index is -1.07. The Labute approximate surface area is 114 Å². The molecule has 1 aromatic carbocycles. The number of aromatic nitrogens is 1. The summed E-state index contributed by atoms with van der Waals surface area (Å²) in [5, 5.41) is 12.0. The Bertz CT molecular complexity index is 617. The minimum absolute atomic E-state index is 0.0403. The summed E-state index contributed by atoms with van der Waals surface area (Å²) in [7, 11) is 0. The summed E-state index contributed by atoms with van der Waals surface area (Å²) in [6, 6.07) is 9.08. The first-order chi connectivity index (χ1) is 9.11. The normalized spacial score (nSPS) is 10.2. The Kier molecular flexibility index (Phi) is 3.91. The van der Waals surface area contributed by atoms with Crippen molar-refractivity contribution < 1.29 is 9.90 Å². The molecule has 0 aliphatic rings. The molecule has 0 spiro atoms. The number of nitrogen functional groups attached to an aromatic ring is 1. The van der Waals surface area contributed by atoms with Crippen molar-refractivity contribution in [3.05, 3.63) is 42.1 Å². The van der Waals surface area contributed by atoms with Crippen molar-refractivity contribution in [3.8, 4) is 0 Å². The van der Waals surface area contributed by atoms with Crippen molar-refractivity contribution in [2.24, 2.45) is 0 Å². The topological polar surface area (TPSA) is 88.2 Å². The van der Waals surface area contributed by atoms with Crippen LogP contribution in [0.1, 0.15) is 10.4 Å². The fraction of sp³-hybridized carbons (Fsp3) is 0.0769. The summed E-state index contributed by atoms with van der Waals surface area (Å²) in [4.78, 5) is 16.1. The third-order valence-electron chi connectivity index (χ3n) is 2.55. The third-order valence-corrected chi connectivity index (χ3v) is 3.28. The highest BCUT2D eigenvalue weighted by atomic mass is 32.2. The number of carboxylic acid groups (broad SMARTS) is 1. The first-order valence-corrected chi connectivity index (χ1v) is 6.73. The van der Waals surface area contributed by atoms with Crippen LogP contribution in [-0.4, -0.2) is 22.3 Å². The summed E-state index contributed by atoms with van der Waals surface area (Å²) in [6.07, 6.45) is 3.40. The van der Waals surface area contributed by atoms with E-state index < -0.39 is 5.97 Å². The summed E-state index contributed by atoms with van der Waals surface area (Å²) in [5.74, 6) is -0.723. The van der Waals surface area contributed by atoms with Crippen LogP contribution in [0.5, 0.6) is 0 Å². The Morgan fingerprint density at radius 2 is 2.21 bits per heavy atom. The van der Waals surface area contributed by atoms with Crippen molar-refractivity contribution in [2.45, 2.75) is 4.90 Å². The average molecular weight is 275 g/mol. The standard InChI is InChI=1S/C13H13N3O2S/c1-19-9-4-2-3-8(7-9)16-12-11(14)10(13(17)18)5-6-15-12/h2-7H,14H2,1H3,(H,15,16)(H,17,18). The van der Waals surface area contributed by atoms with Crippen LogP contribution in [0.3, 0.4) is 0 Å². The zero-order valence-electron chi connectivity index (χ0n) is 10.3. The molecule has 0 aliphatic carbocycles. The molecule has 19 heavy (non-hydrogen) atoms. The molecule has 0 radical (unpaired) electrons. The number of benzene rings is 1. The van der Waals surface area contributed by atoms with Crippen molar-refractivity contribution >= 4 is 34.9 Å². The summed E-state index contributed by atoms with van der Waals surface area (Å²) in [5.41, 5.74) is 6.77. The summed E-state index contributed by atoms with van der Waals surface area (Å²) in [6.45, 7) is 0. The number of hydrogen-bond acceptors (Lipinski definition) is 5. The van der Waals surface area contributed by atoms with Crippen molar-refractivity contribution in [1.29, 1.82) is 0 Å². The van der Waals surface area contributed by atoms with E-state index in [2.05, 4.69) is 10.3 Å². The quantitative estimate of drug-likeness (QED) is 0.744. The molecule has 0 saturated heterocycles. The molecule has 1 heterocycles. The summed E-state index contributed by atoms with van der Waals surface area (Å²) < 4.78 is 0. The van der Waals surface area contributed by atoms with Crippen LogP contribution >= 0.6 is 11.8 Å². The van der Waals surface area contributed by atoms with Gasteiger partial charge in [-0.3, -0.25) is 0 Å². The second-order valence-corrected chi connectivity index (χ2v) is 4.66. The van der Waals surface area contributed by atoms with Crippen molar-refractivity contribution in [3.63, 3.8) is 0 Å². The van der Waals surface area contributed by atoms with Gasteiger partial charge in [0.1, 0.15) is 0 Å². The van der Waals surface area contributed by atoms with Gasteiger partial charge in [0.05, 0.1) is 11.3 Å². The lowest BCUT2D eigenvalue weighted by Crippen LogP contribution is -2.06. The molecule has 0 saturated carbocycles. The minimum Gasteiger partial charge on any atom is -0.478 e. The van der Waals surface area contributed by atoms with E-state index in [0.717, 1.165) is 10.6 Å². The van der Waals surface area contributed by atoms with Gasteiger partial charge in [-0.25, -0.2) is 9.78 Å². The van der Waals surface area contributed by atoms with Crippen LogP contribution in [0, 0.1) is 0 Å². The maximum atomic E-state index is 11.0. The number of nitrogens with zero attached hydrogens (tertiary/aromatic N) is 1. The molecule has 2 rings (SSSR count). The van der Waals surface area contributed by atoms with E-state index >= 15 is 0 Å². The van der Waals surface area contributed by atoms with E-state index in [1.807, 2.05) is 30.5 Å². The molecule has 0 aliphatic heterocycles. The molecule has 5 nitrogen and oxygen atoms in total.